The monoisotopic (exact) mass is 308 g/mol. The van der Waals surface area contributed by atoms with E-state index in [1.54, 1.807) is 29.1 Å². The molecule has 0 spiro atoms. The number of hydrogen-bond acceptors (Lipinski definition) is 3. The summed E-state index contributed by atoms with van der Waals surface area (Å²) >= 11 is 3.36. The summed E-state index contributed by atoms with van der Waals surface area (Å²) in [5.41, 5.74) is 6.08. The Hall–Kier alpha value is -1.82. The number of aromatic nitrogens is 2. The number of nitrogens with one attached hydrogen (secondary N) is 1. The van der Waals surface area contributed by atoms with Gasteiger partial charge in [-0.25, -0.2) is 0 Å². The predicted molar refractivity (Wildman–Crippen MR) is 73.1 cm³/mol. The van der Waals surface area contributed by atoms with Crippen molar-refractivity contribution in [2.24, 2.45) is 5.73 Å². The number of hydrogen-bond donors (Lipinski definition) is 2. The third-order valence-electron chi connectivity index (χ3n) is 2.40. The predicted octanol–water partition coefficient (Wildman–Crippen LogP) is 2.74. The largest absolute Gasteiger partial charge is 0.454 e. The molecule has 0 radical (unpaired) electrons. The number of amidine groups is 1. The number of ether oxygens (including phenoxy) is 1. The van der Waals surface area contributed by atoms with Crippen LogP contribution in [0.4, 0.5) is 0 Å². The third-order valence-corrected chi connectivity index (χ3v) is 3.06. The lowest BCUT2D eigenvalue weighted by Gasteiger charge is -2.06. The topological polar surface area (TPSA) is 76.9 Å². The minimum Gasteiger partial charge on any atom is -0.454 e. The fraction of sp³-hybridized carbons (Fsp3) is 0.167. The van der Waals surface area contributed by atoms with Gasteiger partial charge < -0.3 is 10.5 Å². The summed E-state index contributed by atoms with van der Waals surface area (Å²) in [5.74, 6) is 1.37. The molecule has 0 aliphatic rings. The van der Waals surface area contributed by atoms with Gasteiger partial charge in [-0.1, -0.05) is 0 Å². The first kappa shape index (κ1) is 12.6. The number of halogens is 1. The van der Waals surface area contributed by atoms with Gasteiger partial charge >= 0.3 is 0 Å². The Morgan fingerprint density at radius 2 is 2.28 bits per heavy atom. The van der Waals surface area contributed by atoms with E-state index in [2.05, 4.69) is 21.0 Å². The summed E-state index contributed by atoms with van der Waals surface area (Å²) in [6.07, 6.45) is 3.49. The first-order valence-corrected chi connectivity index (χ1v) is 6.23. The van der Waals surface area contributed by atoms with E-state index in [9.17, 15) is 0 Å². The maximum absolute atomic E-state index is 7.39. The van der Waals surface area contributed by atoms with Crippen LogP contribution in [0.15, 0.2) is 35.1 Å². The smallest absolute Gasteiger partial charge is 0.165 e. The first-order valence-electron chi connectivity index (χ1n) is 5.44. The summed E-state index contributed by atoms with van der Waals surface area (Å²) in [5, 5.41) is 11.5. The highest BCUT2D eigenvalue weighted by molar-refractivity contribution is 9.10. The van der Waals surface area contributed by atoms with Crippen molar-refractivity contribution < 1.29 is 4.74 Å². The Bertz CT molecular complexity index is 579. The van der Waals surface area contributed by atoms with Gasteiger partial charge in [0, 0.05) is 16.6 Å². The number of nitrogens with two attached hydrogens (primary N) is 1. The van der Waals surface area contributed by atoms with Gasteiger partial charge in [0.15, 0.2) is 5.75 Å². The normalized spacial score (nSPS) is 10.3. The van der Waals surface area contributed by atoms with Crippen molar-refractivity contribution in [1.82, 2.24) is 9.78 Å². The molecule has 18 heavy (non-hydrogen) atoms. The Kier molecular flexibility index (Phi) is 3.66. The fourth-order valence-electron chi connectivity index (χ4n) is 1.48. The van der Waals surface area contributed by atoms with Gasteiger partial charge in [-0.15, -0.1) is 0 Å². The lowest BCUT2D eigenvalue weighted by molar-refractivity contribution is 0.481. The van der Waals surface area contributed by atoms with Gasteiger partial charge in [-0.05, 0) is 41.1 Å². The van der Waals surface area contributed by atoms with Crippen LogP contribution >= 0.6 is 15.9 Å². The van der Waals surface area contributed by atoms with Crippen LogP contribution in [0.5, 0.6) is 11.5 Å². The van der Waals surface area contributed by atoms with Crippen LogP contribution in [0.25, 0.3) is 0 Å². The molecule has 0 amide bonds. The van der Waals surface area contributed by atoms with Crippen molar-refractivity contribution in [3.63, 3.8) is 0 Å². The second-order valence-corrected chi connectivity index (χ2v) is 4.54. The van der Waals surface area contributed by atoms with E-state index in [1.807, 2.05) is 13.1 Å². The van der Waals surface area contributed by atoms with E-state index in [0.717, 1.165) is 11.0 Å². The van der Waals surface area contributed by atoms with Crippen molar-refractivity contribution in [3.05, 3.63) is 40.6 Å². The van der Waals surface area contributed by atoms with Crippen LogP contribution in [-0.2, 0) is 6.54 Å². The average Bonchev–Trinajstić information content (AvgIpc) is 2.76. The minimum absolute atomic E-state index is 0.0206. The lowest BCUT2D eigenvalue weighted by Crippen LogP contribution is -2.11. The Morgan fingerprint density at radius 1 is 1.50 bits per heavy atom. The fourth-order valence-corrected chi connectivity index (χ4v) is 2.06. The molecular weight excluding hydrogens is 296 g/mol. The van der Waals surface area contributed by atoms with Crippen LogP contribution in [0.3, 0.4) is 0 Å². The Balaban J connectivity index is 2.19. The van der Waals surface area contributed by atoms with Crippen molar-refractivity contribution in [2.75, 3.05) is 0 Å². The zero-order chi connectivity index (χ0) is 13.1. The molecule has 1 aromatic heterocycles. The molecule has 0 saturated heterocycles. The zero-order valence-corrected chi connectivity index (χ0v) is 11.4. The average molecular weight is 309 g/mol. The summed E-state index contributed by atoms with van der Waals surface area (Å²) in [4.78, 5) is 0. The van der Waals surface area contributed by atoms with Gasteiger partial charge in [0.05, 0.1) is 12.4 Å². The van der Waals surface area contributed by atoms with E-state index in [4.69, 9.17) is 15.9 Å². The number of aryl methyl sites for hydroxylation is 1. The third kappa shape index (κ3) is 2.70. The molecular formula is C12H13BrN4O. The highest BCUT2D eigenvalue weighted by Gasteiger charge is 2.06. The summed E-state index contributed by atoms with van der Waals surface area (Å²) in [6, 6.07) is 5.29. The van der Waals surface area contributed by atoms with Crippen LogP contribution in [-0.4, -0.2) is 15.6 Å². The highest BCUT2D eigenvalue weighted by atomic mass is 79.9. The van der Waals surface area contributed by atoms with E-state index in [-0.39, 0.29) is 5.84 Å². The van der Waals surface area contributed by atoms with Gasteiger partial charge in [0.2, 0.25) is 0 Å². The maximum atomic E-state index is 7.39. The SMILES string of the molecule is CCn1cc(Oc2ccc(C(=N)N)c(Br)c2)cn1. The van der Waals surface area contributed by atoms with E-state index < -0.39 is 0 Å². The van der Waals surface area contributed by atoms with Crippen molar-refractivity contribution in [2.45, 2.75) is 13.5 Å². The molecule has 3 N–H and O–H groups in total. The van der Waals surface area contributed by atoms with E-state index >= 15 is 0 Å². The molecule has 0 unspecified atom stereocenters. The number of nitrogens with zero attached hydrogens (tertiary/aromatic N) is 2. The summed E-state index contributed by atoms with van der Waals surface area (Å²) in [6.45, 7) is 2.81. The Morgan fingerprint density at radius 3 is 2.83 bits per heavy atom. The molecule has 0 fully saturated rings. The quantitative estimate of drug-likeness (QED) is 0.673. The summed E-state index contributed by atoms with van der Waals surface area (Å²) in [7, 11) is 0. The molecule has 0 atom stereocenters. The van der Waals surface area contributed by atoms with Gasteiger partial charge in [0.1, 0.15) is 11.6 Å². The van der Waals surface area contributed by atoms with Crippen molar-refractivity contribution >= 4 is 21.8 Å². The molecule has 1 aromatic carbocycles. The lowest BCUT2D eigenvalue weighted by atomic mass is 10.2. The summed E-state index contributed by atoms with van der Waals surface area (Å²) < 4.78 is 8.17. The molecule has 5 nitrogen and oxygen atoms in total. The van der Waals surface area contributed by atoms with Crippen LogP contribution < -0.4 is 10.5 Å². The van der Waals surface area contributed by atoms with Gasteiger partial charge in [-0.3, -0.25) is 10.1 Å². The van der Waals surface area contributed by atoms with Crippen LogP contribution in [0.2, 0.25) is 0 Å². The van der Waals surface area contributed by atoms with Gasteiger partial charge in [-0.2, -0.15) is 5.10 Å². The standard InChI is InChI=1S/C12H13BrN4O/c1-2-17-7-9(6-16-17)18-8-3-4-10(12(14)15)11(13)5-8/h3-7H,2H2,1H3,(H3,14,15). The molecule has 0 aliphatic carbocycles. The molecule has 0 aliphatic heterocycles. The van der Waals surface area contributed by atoms with Crippen molar-refractivity contribution in [3.8, 4) is 11.5 Å². The van der Waals surface area contributed by atoms with Crippen LogP contribution in [0, 0.1) is 5.41 Å². The Labute approximate surface area is 113 Å². The van der Waals surface area contributed by atoms with E-state index in [0.29, 0.717) is 17.1 Å². The number of nitrogen functional groups attached to an aromatic ring is 1. The second-order valence-electron chi connectivity index (χ2n) is 3.69. The molecule has 2 aromatic rings. The minimum atomic E-state index is 0.0206. The maximum Gasteiger partial charge on any atom is 0.165 e. The number of benzene rings is 1. The molecule has 6 heteroatoms. The molecule has 0 bridgehead atoms. The molecule has 94 valence electrons. The molecule has 0 saturated carbocycles. The van der Waals surface area contributed by atoms with Gasteiger partial charge in [0.25, 0.3) is 0 Å². The first-order chi connectivity index (χ1) is 8.60. The second kappa shape index (κ2) is 5.22. The van der Waals surface area contributed by atoms with Crippen molar-refractivity contribution in [1.29, 1.82) is 5.41 Å². The zero-order valence-electron chi connectivity index (χ0n) is 9.85. The molecule has 2 rings (SSSR count). The highest BCUT2D eigenvalue weighted by Crippen LogP contribution is 2.26. The number of rotatable bonds is 4. The van der Waals surface area contributed by atoms with E-state index in [1.165, 1.54) is 0 Å². The molecule has 1 heterocycles. The van der Waals surface area contributed by atoms with Crippen LogP contribution in [0.1, 0.15) is 12.5 Å².